The number of morpholine rings is 1. The summed E-state index contributed by atoms with van der Waals surface area (Å²) in [6, 6.07) is 2.90. The zero-order valence-corrected chi connectivity index (χ0v) is 12.6. The minimum Gasteiger partial charge on any atom is -0.468 e. The van der Waals surface area contributed by atoms with Gasteiger partial charge in [0.25, 0.3) is 6.47 Å². The molecule has 1 saturated carbocycles. The zero-order valence-electron chi connectivity index (χ0n) is 12.6. The maximum Gasteiger partial charge on any atom is 0.293 e. The van der Waals surface area contributed by atoms with Crippen LogP contribution in [0, 0.1) is 0 Å². The molecule has 2 aliphatic rings. The van der Waals surface area contributed by atoms with Gasteiger partial charge in [0.1, 0.15) is 0 Å². The van der Waals surface area contributed by atoms with E-state index in [0.29, 0.717) is 19.2 Å². The molecule has 0 radical (unpaired) electrons. The van der Waals surface area contributed by atoms with Crippen LogP contribution < -0.4 is 5.32 Å². The fraction of sp³-hybridized carbons (Fsp3) is 0.667. The van der Waals surface area contributed by atoms with E-state index in [1.165, 1.54) is 12.8 Å². The Morgan fingerprint density at radius 2 is 2.43 bits per heavy atom. The number of aromatic nitrogens is 1. The van der Waals surface area contributed by atoms with Crippen molar-refractivity contribution >= 4 is 12.2 Å². The van der Waals surface area contributed by atoms with E-state index in [-0.39, 0.29) is 0 Å². The van der Waals surface area contributed by atoms with Crippen LogP contribution in [-0.4, -0.2) is 61.3 Å². The van der Waals surface area contributed by atoms with Crippen LogP contribution in [0.2, 0.25) is 0 Å². The van der Waals surface area contributed by atoms with Gasteiger partial charge in [0, 0.05) is 38.1 Å². The molecule has 1 aliphatic carbocycles. The molecule has 2 fully saturated rings. The third-order valence-corrected chi connectivity index (χ3v) is 3.60. The van der Waals surface area contributed by atoms with Gasteiger partial charge in [-0.2, -0.15) is 0 Å². The Labute approximate surface area is 125 Å². The Balaban J connectivity index is 0.000000282. The van der Waals surface area contributed by atoms with Gasteiger partial charge in [-0.05, 0) is 25.8 Å². The number of hydrogen-bond donors (Lipinski definition) is 2. The Bertz CT molecular complexity index is 393. The van der Waals surface area contributed by atoms with Crippen molar-refractivity contribution in [3.63, 3.8) is 0 Å². The number of nitrogens with zero attached hydrogens (tertiary/aromatic N) is 1. The maximum absolute atomic E-state index is 9.18. The molecule has 2 N–H and O–H groups in total. The first-order chi connectivity index (χ1) is 10.3. The second-order valence-corrected chi connectivity index (χ2v) is 5.25. The fourth-order valence-electron chi connectivity index (χ4n) is 2.37. The summed E-state index contributed by atoms with van der Waals surface area (Å²) in [5.41, 5.74) is 1.15. The zero-order chi connectivity index (χ0) is 14.9. The smallest absolute Gasteiger partial charge is 0.293 e. The molecule has 1 atom stereocenters. The Morgan fingerprint density at radius 1 is 1.57 bits per heavy atom. The van der Waals surface area contributed by atoms with Crippen LogP contribution in [0.1, 0.15) is 19.8 Å². The normalized spacial score (nSPS) is 22.0. The molecule has 0 spiro atoms. The summed E-state index contributed by atoms with van der Waals surface area (Å²) in [5, 5.41) is 3.39. The van der Waals surface area contributed by atoms with E-state index in [1.807, 2.05) is 18.5 Å². The Morgan fingerprint density at radius 3 is 3.00 bits per heavy atom. The van der Waals surface area contributed by atoms with Crippen molar-refractivity contribution in [2.75, 3.05) is 38.2 Å². The van der Waals surface area contributed by atoms with E-state index in [0.717, 1.165) is 38.0 Å². The lowest BCUT2D eigenvalue weighted by Gasteiger charge is -2.33. The third kappa shape index (κ3) is 5.77. The van der Waals surface area contributed by atoms with E-state index in [1.54, 1.807) is 6.92 Å². The number of anilines is 1. The molecule has 1 aromatic heterocycles. The quantitative estimate of drug-likeness (QED) is 0.778. The summed E-state index contributed by atoms with van der Waals surface area (Å²) in [6.45, 7) is 6.66. The predicted molar refractivity (Wildman–Crippen MR) is 81.3 cm³/mol. The second-order valence-electron chi connectivity index (χ2n) is 5.25. The van der Waals surface area contributed by atoms with Crippen molar-refractivity contribution < 1.29 is 14.3 Å². The second kappa shape index (κ2) is 8.69. The third-order valence-electron chi connectivity index (χ3n) is 3.60. The number of nitrogens with one attached hydrogen (secondary N) is 2. The van der Waals surface area contributed by atoms with Crippen LogP contribution in [-0.2, 0) is 14.3 Å². The molecule has 0 amide bonds. The summed E-state index contributed by atoms with van der Waals surface area (Å²) < 4.78 is 9.92. The highest BCUT2D eigenvalue weighted by Crippen LogP contribution is 2.28. The van der Waals surface area contributed by atoms with Gasteiger partial charge in [-0.15, -0.1) is 0 Å². The van der Waals surface area contributed by atoms with Crippen LogP contribution in [0.25, 0.3) is 0 Å². The van der Waals surface area contributed by atoms with Gasteiger partial charge in [0.05, 0.1) is 25.0 Å². The van der Waals surface area contributed by atoms with E-state index in [9.17, 15) is 4.79 Å². The van der Waals surface area contributed by atoms with Crippen LogP contribution >= 0.6 is 0 Å². The molecule has 2 heterocycles. The molecule has 6 heteroatoms. The van der Waals surface area contributed by atoms with Crippen molar-refractivity contribution in [1.29, 1.82) is 0 Å². The van der Waals surface area contributed by atoms with Gasteiger partial charge in [0.2, 0.25) is 0 Å². The molecule has 6 nitrogen and oxygen atoms in total. The van der Waals surface area contributed by atoms with Crippen LogP contribution in [0.3, 0.4) is 0 Å². The number of hydrogen-bond acceptors (Lipinski definition) is 5. The minimum atomic E-state index is 0.337. The van der Waals surface area contributed by atoms with Crippen LogP contribution in [0.5, 0.6) is 0 Å². The SMILES string of the molecule is CCOC=O.c1cc(NCC2CN(C3CC3)CCO2)c[nH]1. The summed E-state index contributed by atoms with van der Waals surface area (Å²) in [6.07, 6.45) is 7.02. The van der Waals surface area contributed by atoms with Gasteiger partial charge < -0.3 is 19.8 Å². The van der Waals surface area contributed by atoms with Crippen molar-refractivity contribution in [3.05, 3.63) is 18.5 Å². The van der Waals surface area contributed by atoms with E-state index < -0.39 is 0 Å². The Hall–Kier alpha value is -1.53. The van der Waals surface area contributed by atoms with Crippen molar-refractivity contribution in [2.24, 2.45) is 0 Å². The highest BCUT2D eigenvalue weighted by Gasteiger charge is 2.32. The summed E-state index contributed by atoms with van der Waals surface area (Å²) >= 11 is 0. The lowest BCUT2D eigenvalue weighted by atomic mass is 10.2. The lowest BCUT2D eigenvalue weighted by molar-refractivity contribution is -0.128. The minimum absolute atomic E-state index is 0.337. The average Bonchev–Trinajstić information content (AvgIpc) is 3.24. The number of ether oxygens (including phenoxy) is 2. The number of aromatic amines is 1. The Kier molecular flexibility index (Phi) is 6.56. The van der Waals surface area contributed by atoms with Crippen molar-refractivity contribution in [1.82, 2.24) is 9.88 Å². The van der Waals surface area contributed by atoms with E-state index >= 15 is 0 Å². The number of H-pyrrole nitrogens is 1. The molecule has 0 bridgehead atoms. The molecule has 118 valence electrons. The van der Waals surface area contributed by atoms with Crippen molar-refractivity contribution in [3.8, 4) is 0 Å². The number of carbonyl (C=O) groups is 1. The summed E-state index contributed by atoms with van der Waals surface area (Å²) in [5.74, 6) is 0. The molecule has 1 aromatic rings. The molecule has 1 saturated heterocycles. The standard InChI is InChI=1S/C12H19N3O.C3H6O2/c1-2-11(1)15-5-6-16-12(9-15)8-14-10-3-4-13-7-10;1-2-5-3-4/h3-4,7,11-14H,1-2,5-6,8-9H2;3H,2H2,1H3. The van der Waals surface area contributed by atoms with Crippen LogP contribution in [0.4, 0.5) is 5.69 Å². The van der Waals surface area contributed by atoms with E-state index in [4.69, 9.17) is 4.74 Å². The summed E-state index contributed by atoms with van der Waals surface area (Å²) in [7, 11) is 0. The molecular formula is C15H25N3O3. The fourth-order valence-corrected chi connectivity index (χ4v) is 2.37. The molecular weight excluding hydrogens is 270 g/mol. The number of rotatable bonds is 6. The van der Waals surface area contributed by atoms with Gasteiger partial charge >= 0.3 is 0 Å². The predicted octanol–water partition coefficient (Wildman–Crippen LogP) is 1.47. The first-order valence-electron chi connectivity index (χ1n) is 7.61. The van der Waals surface area contributed by atoms with Gasteiger partial charge in [-0.3, -0.25) is 9.69 Å². The maximum atomic E-state index is 9.18. The molecule has 21 heavy (non-hydrogen) atoms. The first kappa shape index (κ1) is 15.9. The van der Waals surface area contributed by atoms with Gasteiger partial charge in [-0.1, -0.05) is 0 Å². The van der Waals surface area contributed by atoms with E-state index in [2.05, 4.69) is 19.9 Å². The first-order valence-corrected chi connectivity index (χ1v) is 7.61. The van der Waals surface area contributed by atoms with Gasteiger partial charge in [-0.25, -0.2) is 0 Å². The largest absolute Gasteiger partial charge is 0.468 e. The molecule has 1 aliphatic heterocycles. The summed E-state index contributed by atoms with van der Waals surface area (Å²) in [4.78, 5) is 14.8. The van der Waals surface area contributed by atoms with Crippen LogP contribution in [0.15, 0.2) is 18.5 Å². The topological polar surface area (TPSA) is 66.6 Å². The molecule has 1 unspecified atom stereocenters. The highest BCUT2D eigenvalue weighted by molar-refractivity contribution is 5.40. The van der Waals surface area contributed by atoms with Crippen molar-refractivity contribution in [2.45, 2.75) is 31.9 Å². The number of carbonyl (C=O) groups excluding carboxylic acids is 1. The monoisotopic (exact) mass is 295 g/mol. The van der Waals surface area contributed by atoms with Gasteiger partial charge in [0.15, 0.2) is 0 Å². The highest BCUT2D eigenvalue weighted by atomic mass is 16.5. The molecule has 3 rings (SSSR count). The average molecular weight is 295 g/mol. The lowest BCUT2D eigenvalue weighted by Crippen LogP contribution is -2.46. The molecule has 0 aromatic carbocycles.